The van der Waals surface area contributed by atoms with Crippen molar-refractivity contribution < 1.29 is 4.39 Å². The summed E-state index contributed by atoms with van der Waals surface area (Å²) in [6.45, 7) is 0. The molecule has 19 heavy (non-hydrogen) atoms. The smallest absolute Gasteiger partial charge is 0.129 e. The van der Waals surface area contributed by atoms with E-state index in [2.05, 4.69) is 27.6 Å². The molecule has 0 amide bonds. The number of hydrogen-bond donors (Lipinski definition) is 0. The summed E-state index contributed by atoms with van der Waals surface area (Å²) in [4.78, 5) is 4.38. The van der Waals surface area contributed by atoms with Gasteiger partial charge in [-0.3, -0.25) is 4.57 Å². The average molecular weight is 387 g/mol. The van der Waals surface area contributed by atoms with Crippen molar-refractivity contribution in [3.8, 4) is 5.69 Å². The fourth-order valence-electron chi connectivity index (χ4n) is 2.07. The second-order valence-corrected chi connectivity index (χ2v) is 5.62. The normalized spacial score (nSPS) is 11.1. The van der Waals surface area contributed by atoms with Crippen LogP contribution in [-0.4, -0.2) is 9.55 Å². The molecule has 0 spiro atoms. The lowest BCUT2D eigenvalue weighted by Crippen LogP contribution is -1.99. The van der Waals surface area contributed by atoms with Crippen molar-refractivity contribution in [1.82, 2.24) is 9.55 Å². The van der Waals surface area contributed by atoms with E-state index < -0.39 is 0 Å². The number of aromatic nitrogens is 2. The van der Waals surface area contributed by atoms with Gasteiger partial charge in [-0.1, -0.05) is 0 Å². The lowest BCUT2D eigenvalue weighted by molar-refractivity contribution is 0.629. The zero-order valence-electron chi connectivity index (χ0n) is 9.78. The number of alkyl halides is 1. The van der Waals surface area contributed by atoms with E-state index in [9.17, 15) is 4.39 Å². The Balaban J connectivity index is 2.29. The molecule has 1 heterocycles. The third-order valence-electron chi connectivity index (χ3n) is 2.89. The van der Waals surface area contributed by atoms with Crippen LogP contribution in [0.3, 0.4) is 0 Å². The van der Waals surface area contributed by atoms with E-state index >= 15 is 0 Å². The predicted molar refractivity (Wildman–Crippen MR) is 83.3 cm³/mol. The highest BCUT2D eigenvalue weighted by Crippen LogP contribution is 2.23. The van der Waals surface area contributed by atoms with Crippen molar-refractivity contribution in [2.75, 3.05) is 0 Å². The Morgan fingerprint density at radius 3 is 2.58 bits per heavy atom. The largest absolute Gasteiger partial charge is 0.295 e. The Bertz CT molecular complexity index is 737. The molecular formula is C14H9ClFIN2. The van der Waals surface area contributed by atoms with Gasteiger partial charge >= 0.3 is 0 Å². The molecule has 5 heteroatoms. The van der Waals surface area contributed by atoms with Crippen molar-refractivity contribution in [1.29, 1.82) is 0 Å². The summed E-state index contributed by atoms with van der Waals surface area (Å²) in [7, 11) is 0. The molecule has 96 valence electrons. The lowest BCUT2D eigenvalue weighted by Gasteiger charge is -2.07. The van der Waals surface area contributed by atoms with Crippen molar-refractivity contribution in [3.05, 3.63) is 57.7 Å². The van der Waals surface area contributed by atoms with Gasteiger partial charge in [0, 0.05) is 15.3 Å². The van der Waals surface area contributed by atoms with Gasteiger partial charge in [-0.15, -0.1) is 11.6 Å². The van der Waals surface area contributed by atoms with E-state index in [4.69, 9.17) is 11.6 Å². The van der Waals surface area contributed by atoms with Gasteiger partial charge in [0.1, 0.15) is 11.6 Å². The monoisotopic (exact) mass is 386 g/mol. The summed E-state index contributed by atoms with van der Waals surface area (Å²) in [6.07, 6.45) is 0. The first-order valence-electron chi connectivity index (χ1n) is 5.68. The Morgan fingerprint density at radius 1 is 1.16 bits per heavy atom. The number of benzene rings is 2. The van der Waals surface area contributed by atoms with Gasteiger partial charge in [0.15, 0.2) is 0 Å². The van der Waals surface area contributed by atoms with Gasteiger partial charge < -0.3 is 0 Å². The molecule has 2 aromatic carbocycles. The van der Waals surface area contributed by atoms with E-state index in [1.165, 1.54) is 12.1 Å². The molecule has 0 radical (unpaired) electrons. The zero-order valence-corrected chi connectivity index (χ0v) is 12.7. The average Bonchev–Trinajstić information content (AvgIpc) is 2.77. The lowest BCUT2D eigenvalue weighted by atomic mass is 10.2. The first-order valence-corrected chi connectivity index (χ1v) is 7.29. The standard InChI is InChI=1S/C14H9ClFIN2/c15-8-14-18-12-7-9(16)1-6-13(12)19(14)11-4-2-10(17)3-5-11/h1-7H,8H2. The molecule has 0 fully saturated rings. The van der Waals surface area contributed by atoms with Crippen molar-refractivity contribution in [2.45, 2.75) is 5.88 Å². The van der Waals surface area contributed by atoms with Crippen LogP contribution in [0.4, 0.5) is 4.39 Å². The quantitative estimate of drug-likeness (QED) is 0.468. The SMILES string of the molecule is Fc1ccc2c(c1)nc(CCl)n2-c1ccc(I)cc1. The Labute approximate surface area is 128 Å². The van der Waals surface area contributed by atoms with Crippen LogP contribution in [0, 0.1) is 9.39 Å². The van der Waals surface area contributed by atoms with Gasteiger partial charge in [-0.05, 0) is 59.0 Å². The fourth-order valence-corrected chi connectivity index (χ4v) is 2.61. The number of nitrogens with zero attached hydrogens (tertiary/aromatic N) is 2. The van der Waals surface area contributed by atoms with Crippen LogP contribution >= 0.6 is 34.2 Å². The molecule has 0 saturated carbocycles. The van der Waals surface area contributed by atoms with E-state index in [-0.39, 0.29) is 11.7 Å². The maximum Gasteiger partial charge on any atom is 0.129 e. The molecule has 2 nitrogen and oxygen atoms in total. The minimum atomic E-state index is -0.291. The van der Waals surface area contributed by atoms with Crippen molar-refractivity contribution in [2.24, 2.45) is 0 Å². The summed E-state index contributed by atoms with van der Waals surface area (Å²) in [5.74, 6) is 0.701. The van der Waals surface area contributed by atoms with Gasteiger partial charge in [0.2, 0.25) is 0 Å². The molecule has 0 saturated heterocycles. The van der Waals surface area contributed by atoms with Crippen molar-refractivity contribution in [3.63, 3.8) is 0 Å². The Kier molecular flexibility index (Phi) is 3.45. The predicted octanol–water partition coefficient (Wildman–Crippen LogP) is 4.51. The van der Waals surface area contributed by atoms with Crippen LogP contribution in [0.5, 0.6) is 0 Å². The van der Waals surface area contributed by atoms with Gasteiger partial charge in [-0.25, -0.2) is 9.37 Å². The van der Waals surface area contributed by atoms with E-state index in [0.29, 0.717) is 11.3 Å². The molecule has 0 aliphatic carbocycles. The zero-order chi connectivity index (χ0) is 13.4. The molecule has 0 bridgehead atoms. The molecule has 0 N–H and O–H groups in total. The highest BCUT2D eigenvalue weighted by Gasteiger charge is 2.12. The Morgan fingerprint density at radius 2 is 1.89 bits per heavy atom. The number of imidazole rings is 1. The summed E-state index contributed by atoms with van der Waals surface area (Å²) >= 11 is 8.20. The third-order valence-corrected chi connectivity index (χ3v) is 3.85. The number of rotatable bonds is 2. The molecule has 0 atom stereocenters. The Hall–Kier alpha value is -1.14. The van der Waals surface area contributed by atoms with E-state index in [1.807, 2.05) is 28.8 Å². The molecule has 0 unspecified atom stereocenters. The highest BCUT2D eigenvalue weighted by atomic mass is 127. The van der Waals surface area contributed by atoms with Crippen LogP contribution in [0.2, 0.25) is 0 Å². The van der Waals surface area contributed by atoms with Gasteiger partial charge in [-0.2, -0.15) is 0 Å². The summed E-state index contributed by atoms with van der Waals surface area (Å²) in [5, 5.41) is 0. The maximum absolute atomic E-state index is 13.3. The fraction of sp³-hybridized carbons (Fsp3) is 0.0714. The van der Waals surface area contributed by atoms with Crippen LogP contribution in [0.25, 0.3) is 16.7 Å². The summed E-state index contributed by atoms with van der Waals surface area (Å²) in [5.41, 5.74) is 2.46. The molecule has 3 rings (SSSR count). The molecule has 0 aliphatic rings. The third kappa shape index (κ3) is 2.34. The van der Waals surface area contributed by atoms with Gasteiger partial charge in [0.05, 0.1) is 16.9 Å². The van der Waals surface area contributed by atoms with Gasteiger partial charge in [0.25, 0.3) is 0 Å². The number of halogens is 3. The van der Waals surface area contributed by atoms with Crippen molar-refractivity contribution >= 4 is 45.2 Å². The first kappa shape index (κ1) is 12.9. The maximum atomic E-state index is 13.3. The topological polar surface area (TPSA) is 17.8 Å². The summed E-state index contributed by atoms with van der Waals surface area (Å²) < 4.78 is 16.4. The van der Waals surface area contributed by atoms with Crippen LogP contribution in [0.1, 0.15) is 5.82 Å². The molecule has 3 aromatic rings. The minimum absolute atomic E-state index is 0.280. The number of fused-ring (bicyclic) bond motifs is 1. The first-order chi connectivity index (χ1) is 9.19. The second-order valence-electron chi connectivity index (χ2n) is 4.11. The second kappa shape index (κ2) is 5.09. The van der Waals surface area contributed by atoms with Crippen LogP contribution in [-0.2, 0) is 5.88 Å². The van der Waals surface area contributed by atoms with Crippen LogP contribution in [0.15, 0.2) is 42.5 Å². The molecular weight excluding hydrogens is 378 g/mol. The summed E-state index contributed by atoms with van der Waals surface area (Å²) in [6, 6.07) is 12.6. The minimum Gasteiger partial charge on any atom is -0.295 e. The molecule has 1 aromatic heterocycles. The van der Waals surface area contributed by atoms with E-state index in [0.717, 1.165) is 14.8 Å². The highest BCUT2D eigenvalue weighted by molar-refractivity contribution is 14.1. The van der Waals surface area contributed by atoms with E-state index in [1.54, 1.807) is 6.07 Å². The molecule has 0 aliphatic heterocycles. The number of hydrogen-bond acceptors (Lipinski definition) is 1. The van der Waals surface area contributed by atoms with Crippen LogP contribution < -0.4 is 0 Å².